The average molecular weight is 201 g/mol. The average Bonchev–Trinajstić information content (AvgIpc) is 2.49. The number of nitrogens with zero attached hydrogens (tertiary/aromatic N) is 1. The maximum atomic E-state index is 4.20. The highest BCUT2D eigenvalue weighted by molar-refractivity contribution is 5.56. The lowest BCUT2D eigenvalue weighted by atomic mass is 10.1. The van der Waals surface area contributed by atoms with Gasteiger partial charge in [-0.25, -0.2) is 4.98 Å². The molecule has 0 aliphatic rings. The van der Waals surface area contributed by atoms with Crippen LogP contribution in [-0.4, -0.2) is 9.97 Å². The maximum Gasteiger partial charge on any atom is 0.204 e. The Morgan fingerprint density at radius 1 is 1.07 bits per heavy atom. The van der Waals surface area contributed by atoms with E-state index >= 15 is 0 Å². The van der Waals surface area contributed by atoms with E-state index < -0.39 is 0 Å². The molecule has 2 aromatic rings. The number of nitrogens with one attached hydrogen (secondary N) is 2. The molecule has 0 aliphatic heterocycles. The van der Waals surface area contributed by atoms with Gasteiger partial charge in [0.05, 0.1) is 0 Å². The van der Waals surface area contributed by atoms with Gasteiger partial charge in [-0.1, -0.05) is 6.07 Å². The molecule has 1 aromatic carbocycles. The maximum absolute atomic E-state index is 4.20. The zero-order valence-corrected chi connectivity index (χ0v) is 9.26. The van der Waals surface area contributed by atoms with E-state index in [0.717, 1.165) is 17.3 Å². The quantitative estimate of drug-likeness (QED) is 0.784. The van der Waals surface area contributed by atoms with Crippen molar-refractivity contribution in [3.63, 3.8) is 0 Å². The first-order valence-electron chi connectivity index (χ1n) is 5.00. The van der Waals surface area contributed by atoms with E-state index in [1.54, 1.807) is 0 Å². The van der Waals surface area contributed by atoms with Gasteiger partial charge in [-0.05, 0) is 44.0 Å². The van der Waals surface area contributed by atoms with Crippen molar-refractivity contribution in [1.82, 2.24) is 9.97 Å². The van der Waals surface area contributed by atoms with E-state index in [1.165, 1.54) is 11.1 Å². The number of hydrogen-bond donors (Lipinski definition) is 2. The summed E-state index contributed by atoms with van der Waals surface area (Å²) in [7, 11) is 0. The van der Waals surface area contributed by atoms with Crippen molar-refractivity contribution in [2.45, 2.75) is 20.8 Å². The minimum absolute atomic E-state index is 0.789. The van der Waals surface area contributed by atoms with Gasteiger partial charge in [0.2, 0.25) is 5.95 Å². The molecule has 78 valence electrons. The van der Waals surface area contributed by atoms with Gasteiger partial charge in [-0.3, -0.25) is 0 Å². The third kappa shape index (κ3) is 2.37. The monoisotopic (exact) mass is 201 g/mol. The van der Waals surface area contributed by atoms with Crippen LogP contribution >= 0.6 is 0 Å². The standard InChI is InChI=1S/C12H15N3/c1-8-4-9(2)6-11(5-8)15-12-13-7-10(3)14-12/h4-7H,1-3H3,(H2,13,14,15). The number of aromatic amines is 1. The van der Waals surface area contributed by atoms with Crippen LogP contribution in [0.5, 0.6) is 0 Å². The molecule has 0 unspecified atom stereocenters. The number of hydrogen-bond acceptors (Lipinski definition) is 2. The van der Waals surface area contributed by atoms with Crippen molar-refractivity contribution in [3.05, 3.63) is 41.2 Å². The summed E-state index contributed by atoms with van der Waals surface area (Å²) in [5, 5.41) is 3.24. The van der Waals surface area contributed by atoms with Crippen LogP contribution in [0.25, 0.3) is 0 Å². The Morgan fingerprint density at radius 3 is 2.27 bits per heavy atom. The van der Waals surface area contributed by atoms with Crippen LogP contribution in [0.3, 0.4) is 0 Å². The van der Waals surface area contributed by atoms with Gasteiger partial charge in [0, 0.05) is 17.6 Å². The van der Waals surface area contributed by atoms with E-state index in [2.05, 4.69) is 47.3 Å². The molecule has 3 heteroatoms. The second-order valence-electron chi connectivity index (χ2n) is 3.92. The highest BCUT2D eigenvalue weighted by atomic mass is 15.1. The first-order valence-corrected chi connectivity index (χ1v) is 5.00. The van der Waals surface area contributed by atoms with Gasteiger partial charge in [0.1, 0.15) is 0 Å². The van der Waals surface area contributed by atoms with E-state index in [9.17, 15) is 0 Å². The van der Waals surface area contributed by atoms with Crippen LogP contribution in [0.1, 0.15) is 16.8 Å². The Kier molecular flexibility index (Phi) is 2.46. The van der Waals surface area contributed by atoms with E-state index in [1.807, 2.05) is 13.1 Å². The lowest BCUT2D eigenvalue weighted by Crippen LogP contribution is -1.93. The molecule has 15 heavy (non-hydrogen) atoms. The highest BCUT2D eigenvalue weighted by Gasteiger charge is 1.99. The molecule has 0 saturated carbocycles. The predicted octanol–water partition coefficient (Wildman–Crippen LogP) is 3.08. The van der Waals surface area contributed by atoms with Crippen molar-refractivity contribution in [2.75, 3.05) is 5.32 Å². The molecule has 0 fully saturated rings. The fourth-order valence-corrected chi connectivity index (χ4v) is 1.66. The number of H-pyrrole nitrogens is 1. The third-order valence-electron chi connectivity index (χ3n) is 2.19. The minimum atomic E-state index is 0.789. The molecular formula is C12H15N3. The number of aryl methyl sites for hydroxylation is 3. The normalized spacial score (nSPS) is 10.3. The van der Waals surface area contributed by atoms with Gasteiger partial charge in [-0.15, -0.1) is 0 Å². The molecule has 1 heterocycles. The molecule has 0 saturated heterocycles. The first-order chi connectivity index (χ1) is 7.13. The van der Waals surface area contributed by atoms with Crippen LogP contribution in [0.4, 0.5) is 11.6 Å². The van der Waals surface area contributed by atoms with E-state index in [0.29, 0.717) is 0 Å². The zero-order valence-electron chi connectivity index (χ0n) is 9.26. The molecule has 0 bridgehead atoms. The van der Waals surface area contributed by atoms with Gasteiger partial charge in [-0.2, -0.15) is 0 Å². The number of benzene rings is 1. The van der Waals surface area contributed by atoms with Gasteiger partial charge in [0.25, 0.3) is 0 Å². The van der Waals surface area contributed by atoms with E-state index in [-0.39, 0.29) is 0 Å². The van der Waals surface area contributed by atoms with Crippen LogP contribution in [0.2, 0.25) is 0 Å². The van der Waals surface area contributed by atoms with Crippen molar-refractivity contribution in [3.8, 4) is 0 Å². The Bertz CT molecular complexity index is 451. The Morgan fingerprint density at radius 2 is 1.73 bits per heavy atom. The van der Waals surface area contributed by atoms with Crippen molar-refractivity contribution >= 4 is 11.6 Å². The smallest absolute Gasteiger partial charge is 0.204 e. The summed E-state index contributed by atoms with van der Waals surface area (Å²) in [5.74, 6) is 0.789. The van der Waals surface area contributed by atoms with Gasteiger partial charge >= 0.3 is 0 Å². The molecule has 3 nitrogen and oxygen atoms in total. The molecule has 2 N–H and O–H groups in total. The summed E-state index contributed by atoms with van der Waals surface area (Å²) in [6, 6.07) is 6.36. The summed E-state index contributed by atoms with van der Waals surface area (Å²) in [5.41, 5.74) is 4.63. The Hall–Kier alpha value is -1.77. The fourth-order valence-electron chi connectivity index (χ4n) is 1.66. The van der Waals surface area contributed by atoms with Crippen LogP contribution in [0, 0.1) is 20.8 Å². The third-order valence-corrected chi connectivity index (χ3v) is 2.19. The highest BCUT2D eigenvalue weighted by Crippen LogP contribution is 2.17. The SMILES string of the molecule is Cc1cc(C)cc(Nc2ncc(C)[nH]2)c1. The van der Waals surface area contributed by atoms with Crippen molar-refractivity contribution < 1.29 is 0 Å². The minimum Gasteiger partial charge on any atom is -0.328 e. The molecular weight excluding hydrogens is 186 g/mol. The second kappa shape index (κ2) is 3.77. The topological polar surface area (TPSA) is 40.7 Å². The number of rotatable bonds is 2. The molecule has 0 radical (unpaired) electrons. The van der Waals surface area contributed by atoms with Gasteiger partial charge in [0.15, 0.2) is 0 Å². The van der Waals surface area contributed by atoms with Crippen LogP contribution in [0.15, 0.2) is 24.4 Å². The number of aromatic nitrogens is 2. The van der Waals surface area contributed by atoms with Crippen LogP contribution < -0.4 is 5.32 Å². The second-order valence-corrected chi connectivity index (χ2v) is 3.92. The summed E-state index contributed by atoms with van der Waals surface area (Å²) >= 11 is 0. The summed E-state index contributed by atoms with van der Waals surface area (Å²) in [4.78, 5) is 7.34. The van der Waals surface area contributed by atoms with Gasteiger partial charge < -0.3 is 10.3 Å². The Balaban J connectivity index is 2.24. The largest absolute Gasteiger partial charge is 0.328 e. The Labute approximate surface area is 89.6 Å². The van der Waals surface area contributed by atoms with Crippen LogP contribution in [-0.2, 0) is 0 Å². The zero-order chi connectivity index (χ0) is 10.8. The molecule has 0 amide bonds. The predicted molar refractivity (Wildman–Crippen MR) is 62.5 cm³/mol. The van der Waals surface area contributed by atoms with Crippen molar-refractivity contribution in [1.29, 1.82) is 0 Å². The molecule has 2 rings (SSSR count). The number of anilines is 2. The summed E-state index contributed by atoms with van der Waals surface area (Å²) in [6.45, 7) is 6.16. The summed E-state index contributed by atoms with van der Waals surface area (Å²) < 4.78 is 0. The summed E-state index contributed by atoms with van der Waals surface area (Å²) in [6.07, 6.45) is 1.81. The molecule has 0 atom stereocenters. The van der Waals surface area contributed by atoms with Crippen molar-refractivity contribution in [2.24, 2.45) is 0 Å². The lowest BCUT2D eigenvalue weighted by Gasteiger charge is -2.05. The fraction of sp³-hybridized carbons (Fsp3) is 0.250. The van der Waals surface area contributed by atoms with E-state index in [4.69, 9.17) is 0 Å². The first kappa shape index (κ1) is 9.77. The number of imidazole rings is 1. The molecule has 0 aliphatic carbocycles. The lowest BCUT2D eigenvalue weighted by molar-refractivity contribution is 1.24. The molecule has 1 aromatic heterocycles. The molecule has 0 spiro atoms.